The summed E-state index contributed by atoms with van der Waals surface area (Å²) in [6, 6.07) is 7.22. The monoisotopic (exact) mass is 274 g/mol. The van der Waals surface area contributed by atoms with Crippen molar-refractivity contribution in [1.82, 2.24) is 0 Å². The van der Waals surface area contributed by atoms with Crippen LogP contribution in [0.2, 0.25) is 0 Å². The van der Waals surface area contributed by atoms with Crippen molar-refractivity contribution in [2.45, 2.75) is 40.2 Å². The van der Waals surface area contributed by atoms with Crippen LogP contribution in [0.4, 0.5) is 5.69 Å². The lowest BCUT2D eigenvalue weighted by Gasteiger charge is -2.26. The van der Waals surface area contributed by atoms with Crippen molar-refractivity contribution in [3.63, 3.8) is 0 Å². The Kier molecular flexibility index (Phi) is 3.69. The maximum atomic E-state index is 12.6. The molecule has 2 atom stereocenters. The van der Waals surface area contributed by atoms with Gasteiger partial charge in [0.05, 0.1) is 11.1 Å². The predicted molar refractivity (Wildman–Crippen MR) is 79.1 cm³/mol. The number of anilines is 1. The first-order valence-electron chi connectivity index (χ1n) is 7.00. The molecule has 0 saturated carbocycles. The molecule has 1 saturated heterocycles. The van der Waals surface area contributed by atoms with Gasteiger partial charge in [-0.2, -0.15) is 0 Å². The highest BCUT2D eigenvalue weighted by Gasteiger charge is 2.50. The molecule has 4 heteroatoms. The first-order valence-corrected chi connectivity index (χ1v) is 7.00. The van der Waals surface area contributed by atoms with Crippen LogP contribution in [-0.4, -0.2) is 11.8 Å². The summed E-state index contributed by atoms with van der Waals surface area (Å²) in [6.07, 6.45) is 0.270. The lowest BCUT2D eigenvalue weighted by Crippen LogP contribution is -2.37. The summed E-state index contributed by atoms with van der Waals surface area (Å²) < 4.78 is 0. The van der Waals surface area contributed by atoms with E-state index in [1.165, 1.54) is 4.90 Å². The summed E-state index contributed by atoms with van der Waals surface area (Å²) >= 11 is 0. The van der Waals surface area contributed by atoms with Gasteiger partial charge in [-0.15, -0.1) is 0 Å². The Labute approximate surface area is 119 Å². The fourth-order valence-electron chi connectivity index (χ4n) is 2.50. The molecule has 1 heterocycles. The second-order valence-electron chi connectivity index (χ2n) is 6.17. The fraction of sp³-hybridized carbons (Fsp3) is 0.500. The van der Waals surface area contributed by atoms with Gasteiger partial charge in [0.15, 0.2) is 0 Å². The van der Waals surface area contributed by atoms with Crippen molar-refractivity contribution in [2.75, 3.05) is 4.90 Å². The standard InChI is InChI=1S/C16H22N2O2/c1-10(2)16(4)9-14(19)18(15(16)20)13-7-5-6-12(8-13)11(3)17/h5-8,10-11H,9,17H2,1-4H3. The smallest absolute Gasteiger partial charge is 0.240 e. The van der Waals surface area contributed by atoms with E-state index in [0.29, 0.717) is 5.69 Å². The zero-order chi connectivity index (χ0) is 15.1. The van der Waals surface area contributed by atoms with E-state index < -0.39 is 5.41 Å². The van der Waals surface area contributed by atoms with Gasteiger partial charge in [0, 0.05) is 12.5 Å². The summed E-state index contributed by atoms with van der Waals surface area (Å²) in [5.74, 6) is -0.118. The second kappa shape index (κ2) is 5.02. The SMILES string of the molecule is CC(N)c1cccc(N2C(=O)CC(C)(C(C)C)C2=O)c1. The first-order chi connectivity index (χ1) is 9.27. The molecule has 1 aliphatic rings. The molecule has 1 aliphatic heterocycles. The Morgan fingerprint density at radius 1 is 1.25 bits per heavy atom. The van der Waals surface area contributed by atoms with Gasteiger partial charge in [-0.3, -0.25) is 14.5 Å². The van der Waals surface area contributed by atoms with E-state index >= 15 is 0 Å². The van der Waals surface area contributed by atoms with Gasteiger partial charge in [-0.1, -0.05) is 26.0 Å². The van der Waals surface area contributed by atoms with E-state index in [4.69, 9.17) is 5.73 Å². The lowest BCUT2D eigenvalue weighted by atomic mass is 9.78. The van der Waals surface area contributed by atoms with Gasteiger partial charge in [-0.25, -0.2) is 0 Å². The Hall–Kier alpha value is -1.68. The zero-order valence-electron chi connectivity index (χ0n) is 12.5. The third-order valence-electron chi connectivity index (χ3n) is 4.39. The lowest BCUT2D eigenvalue weighted by molar-refractivity contribution is -0.126. The maximum Gasteiger partial charge on any atom is 0.240 e. The molecule has 20 heavy (non-hydrogen) atoms. The van der Waals surface area contributed by atoms with Gasteiger partial charge in [0.2, 0.25) is 11.8 Å². The number of carbonyl (C=O) groups excluding carboxylic acids is 2. The average molecular weight is 274 g/mol. The van der Waals surface area contributed by atoms with E-state index in [0.717, 1.165) is 5.56 Å². The average Bonchev–Trinajstić information content (AvgIpc) is 2.61. The van der Waals surface area contributed by atoms with Crippen LogP contribution in [0.15, 0.2) is 24.3 Å². The van der Waals surface area contributed by atoms with Crippen molar-refractivity contribution in [3.8, 4) is 0 Å². The van der Waals surface area contributed by atoms with Crippen LogP contribution < -0.4 is 10.6 Å². The van der Waals surface area contributed by atoms with E-state index in [9.17, 15) is 9.59 Å². The van der Waals surface area contributed by atoms with Gasteiger partial charge < -0.3 is 5.73 Å². The Morgan fingerprint density at radius 3 is 2.40 bits per heavy atom. The fourth-order valence-corrected chi connectivity index (χ4v) is 2.50. The van der Waals surface area contributed by atoms with Crippen molar-refractivity contribution in [1.29, 1.82) is 0 Å². The third-order valence-corrected chi connectivity index (χ3v) is 4.39. The molecular formula is C16H22N2O2. The Balaban J connectivity index is 2.41. The highest BCUT2D eigenvalue weighted by molar-refractivity contribution is 6.22. The number of imide groups is 1. The molecule has 1 aromatic rings. The van der Waals surface area contributed by atoms with Crippen LogP contribution in [0.1, 0.15) is 45.7 Å². The minimum Gasteiger partial charge on any atom is -0.324 e. The Bertz CT molecular complexity index is 551. The summed E-state index contributed by atoms with van der Waals surface area (Å²) in [6.45, 7) is 7.71. The normalized spacial score (nSPS) is 24.6. The highest BCUT2D eigenvalue weighted by Crippen LogP contribution is 2.41. The van der Waals surface area contributed by atoms with Crippen LogP contribution >= 0.6 is 0 Å². The van der Waals surface area contributed by atoms with E-state index in [1.807, 2.05) is 45.9 Å². The summed E-state index contributed by atoms with van der Waals surface area (Å²) in [5, 5.41) is 0. The topological polar surface area (TPSA) is 63.4 Å². The van der Waals surface area contributed by atoms with E-state index in [1.54, 1.807) is 6.07 Å². The quantitative estimate of drug-likeness (QED) is 0.862. The molecule has 108 valence electrons. The summed E-state index contributed by atoms with van der Waals surface area (Å²) in [4.78, 5) is 26.2. The molecule has 0 bridgehead atoms. The van der Waals surface area contributed by atoms with Crippen molar-refractivity contribution >= 4 is 17.5 Å². The number of hydrogen-bond acceptors (Lipinski definition) is 3. The first kappa shape index (κ1) is 14.7. The van der Waals surface area contributed by atoms with Crippen molar-refractivity contribution < 1.29 is 9.59 Å². The highest BCUT2D eigenvalue weighted by atomic mass is 16.2. The molecule has 2 rings (SSSR count). The Morgan fingerprint density at radius 2 is 1.90 bits per heavy atom. The number of nitrogens with zero attached hydrogens (tertiary/aromatic N) is 1. The largest absolute Gasteiger partial charge is 0.324 e. The molecule has 2 unspecified atom stereocenters. The number of nitrogens with two attached hydrogens (primary N) is 1. The van der Waals surface area contributed by atoms with E-state index in [2.05, 4.69) is 0 Å². The second-order valence-corrected chi connectivity index (χ2v) is 6.17. The molecule has 2 amide bonds. The number of carbonyl (C=O) groups is 2. The van der Waals surface area contributed by atoms with E-state index in [-0.39, 0.29) is 30.2 Å². The van der Waals surface area contributed by atoms with Crippen LogP contribution in [0.25, 0.3) is 0 Å². The molecule has 0 spiro atoms. The van der Waals surface area contributed by atoms with Crippen LogP contribution in [0.3, 0.4) is 0 Å². The molecule has 0 radical (unpaired) electrons. The molecule has 4 nitrogen and oxygen atoms in total. The maximum absolute atomic E-state index is 12.6. The van der Waals surface area contributed by atoms with Crippen LogP contribution in [0.5, 0.6) is 0 Å². The van der Waals surface area contributed by atoms with Gasteiger partial charge in [0.25, 0.3) is 0 Å². The number of benzene rings is 1. The molecule has 2 N–H and O–H groups in total. The molecular weight excluding hydrogens is 252 g/mol. The minimum atomic E-state index is -0.610. The van der Waals surface area contributed by atoms with Crippen LogP contribution in [-0.2, 0) is 9.59 Å². The number of amides is 2. The van der Waals surface area contributed by atoms with Gasteiger partial charge in [-0.05, 0) is 37.5 Å². The van der Waals surface area contributed by atoms with Gasteiger partial charge >= 0.3 is 0 Å². The number of hydrogen-bond donors (Lipinski definition) is 1. The molecule has 0 aromatic heterocycles. The minimum absolute atomic E-state index is 0.112. The third kappa shape index (κ3) is 2.24. The van der Waals surface area contributed by atoms with Crippen molar-refractivity contribution in [3.05, 3.63) is 29.8 Å². The molecule has 1 fully saturated rings. The summed E-state index contributed by atoms with van der Waals surface area (Å²) in [5.41, 5.74) is 6.80. The zero-order valence-corrected chi connectivity index (χ0v) is 12.5. The molecule has 1 aromatic carbocycles. The van der Waals surface area contributed by atoms with Gasteiger partial charge in [0.1, 0.15) is 0 Å². The predicted octanol–water partition coefficient (Wildman–Crippen LogP) is 2.63. The summed E-state index contributed by atoms with van der Waals surface area (Å²) in [7, 11) is 0. The molecule has 0 aliphatic carbocycles. The number of rotatable bonds is 3. The van der Waals surface area contributed by atoms with Crippen molar-refractivity contribution in [2.24, 2.45) is 17.1 Å². The van der Waals surface area contributed by atoms with Crippen LogP contribution in [0, 0.1) is 11.3 Å².